The van der Waals surface area contributed by atoms with E-state index in [9.17, 15) is 13.2 Å². The van der Waals surface area contributed by atoms with Gasteiger partial charge in [0.2, 0.25) is 0 Å². The highest BCUT2D eigenvalue weighted by molar-refractivity contribution is 7.94. The van der Waals surface area contributed by atoms with Gasteiger partial charge in [0.1, 0.15) is 4.21 Å². The fourth-order valence-electron chi connectivity index (χ4n) is 2.39. The van der Waals surface area contributed by atoms with E-state index in [1.165, 1.54) is 18.2 Å². The number of carbonyl (C=O) groups is 1. The summed E-state index contributed by atoms with van der Waals surface area (Å²) in [5.41, 5.74) is 3.98. The number of rotatable bonds is 6. The maximum atomic E-state index is 12.6. The Morgan fingerprint density at radius 2 is 1.68 bits per heavy atom. The smallest absolute Gasteiger partial charge is 0.273 e. The summed E-state index contributed by atoms with van der Waals surface area (Å²) < 4.78 is 27.5. The second kappa shape index (κ2) is 8.55. The molecule has 0 radical (unpaired) electrons. The molecule has 0 aliphatic rings. The number of hydrazone groups is 1. The number of sulfonamides is 1. The quantitative estimate of drug-likeness (QED) is 0.447. The number of hydrogen-bond acceptors (Lipinski definition) is 5. The molecule has 1 aromatic heterocycles. The molecule has 9 heteroatoms. The summed E-state index contributed by atoms with van der Waals surface area (Å²) in [6, 6.07) is 16.6. The molecule has 3 aromatic rings. The predicted octanol–water partition coefficient (Wildman–Crippen LogP) is 4.36. The molecule has 0 unspecified atom stereocenters. The first-order chi connectivity index (χ1) is 13.4. The number of nitrogens with one attached hydrogen (secondary N) is 2. The second-order valence-corrected chi connectivity index (χ2v) is 8.97. The third-order valence-electron chi connectivity index (χ3n) is 3.76. The molecule has 0 spiro atoms. The summed E-state index contributed by atoms with van der Waals surface area (Å²) in [5.74, 6) is -0.545. The SMILES string of the molecule is C/C(=N/NC(=O)c1ccccc1NS(=O)(=O)c1cccs1)c1ccccc1Cl. The van der Waals surface area contributed by atoms with Crippen LogP contribution in [0.1, 0.15) is 22.8 Å². The van der Waals surface area contributed by atoms with Crippen molar-refractivity contribution in [2.75, 3.05) is 4.72 Å². The maximum absolute atomic E-state index is 12.6. The number of nitrogens with zero attached hydrogens (tertiary/aromatic N) is 1. The highest BCUT2D eigenvalue weighted by Crippen LogP contribution is 2.23. The number of halogens is 1. The molecule has 0 atom stereocenters. The van der Waals surface area contributed by atoms with Crippen molar-refractivity contribution in [2.45, 2.75) is 11.1 Å². The van der Waals surface area contributed by atoms with Gasteiger partial charge in [-0.15, -0.1) is 11.3 Å². The van der Waals surface area contributed by atoms with Gasteiger partial charge in [0, 0.05) is 10.6 Å². The van der Waals surface area contributed by atoms with Crippen LogP contribution in [0.2, 0.25) is 5.02 Å². The van der Waals surface area contributed by atoms with E-state index in [1.54, 1.807) is 48.7 Å². The Kier molecular flexibility index (Phi) is 6.13. The largest absolute Gasteiger partial charge is 0.278 e. The molecular weight excluding hydrogens is 418 g/mol. The van der Waals surface area contributed by atoms with Gasteiger partial charge in [-0.2, -0.15) is 5.10 Å². The van der Waals surface area contributed by atoms with Crippen LogP contribution in [0, 0.1) is 0 Å². The van der Waals surface area contributed by atoms with Crippen LogP contribution in [0.4, 0.5) is 5.69 Å². The zero-order chi connectivity index (χ0) is 20.1. The molecule has 0 aliphatic carbocycles. The number of hydrogen-bond donors (Lipinski definition) is 2. The van der Waals surface area contributed by atoms with E-state index in [0.29, 0.717) is 16.3 Å². The van der Waals surface area contributed by atoms with Crippen molar-refractivity contribution in [1.29, 1.82) is 0 Å². The monoisotopic (exact) mass is 433 g/mol. The number of para-hydroxylation sites is 1. The third kappa shape index (κ3) is 4.59. The first-order valence-electron chi connectivity index (χ1n) is 8.13. The lowest BCUT2D eigenvalue weighted by molar-refractivity contribution is 0.0955. The van der Waals surface area contributed by atoms with Gasteiger partial charge in [-0.25, -0.2) is 13.8 Å². The van der Waals surface area contributed by atoms with Crippen molar-refractivity contribution >= 4 is 50.3 Å². The lowest BCUT2D eigenvalue weighted by atomic mass is 10.1. The Morgan fingerprint density at radius 3 is 2.36 bits per heavy atom. The number of amides is 1. The first kappa shape index (κ1) is 20.1. The van der Waals surface area contributed by atoms with Gasteiger partial charge in [-0.05, 0) is 36.6 Å². The minimum Gasteiger partial charge on any atom is -0.278 e. The lowest BCUT2D eigenvalue weighted by Gasteiger charge is -2.11. The average Bonchev–Trinajstić information content (AvgIpc) is 3.22. The van der Waals surface area contributed by atoms with Gasteiger partial charge in [0.25, 0.3) is 15.9 Å². The molecule has 0 saturated heterocycles. The Labute approximate surface area is 171 Å². The number of benzene rings is 2. The highest BCUT2D eigenvalue weighted by Gasteiger charge is 2.19. The standard InChI is InChI=1S/C19H16ClN3O3S2/c1-13(14-7-2-4-9-16(14)20)21-22-19(24)15-8-3-5-10-17(15)23-28(25,26)18-11-6-12-27-18/h2-12,23H,1H3,(H,22,24)/b21-13-. The average molecular weight is 434 g/mol. The van der Waals surface area contributed by atoms with E-state index in [1.807, 2.05) is 6.07 Å². The van der Waals surface area contributed by atoms with Crippen molar-refractivity contribution in [2.24, 2.45) is 5.10 Å². The van der Waals surface area contributed by atoms with Crippen LogP contribution in [0.3, 0.4) is 0 Å². The molecule has 2 aromatic carbocycles. The Morgan fingerprint density at radius 1 is 1.00 bits per heavy atom. The van der Waals surface area contributed by atoms with Crippen LogP contribution in [0.25, 0.3) is 0 Å². The van der Waals surface area contributed by atoms with Crippen LogP contribution >= 0.6 is 22.9 Å². The topological polar surface area (TPSA) is 87.6 Å². The molecule has 2 N–H and O–H groups in total. The molecule has 6 nitrogen and oxygen atoms in total. The minimum absolute atomic E-state index is 0.151. The van der Waals surface area contributed by atoms with Gasteiger partial charge < -0.3 is 0 Å². The van der Waals surface area contributed by atoms with E-state index in [4.69, 9.17) is 11.6 Å². The fraction of sp³-hybridized carbons (Fsp3) is 0.0526. The number of carbonyl (C=O) groups excluding carboxylic acids is 1. The molecular formula is C19H16ClN3O3S2. The first-order valence-corrected chi connectivity index (χ1v) is 10.9. The molecule has 144 valence electrons. The Hall–Kier alpha value is -2.68. The van der Waals surface area contributed by atoms with E-state index >= 15 is 0 Å². The van der Waals surface area contributed by atoms with Crippen LogP contribution in [-0.2, 0) is 10.0 Å². The normalized spacial score (nSPS) is 11.9. The summed E-state index contributed by atoms with van der Waals surface area (Å²) in [4.78, 5) is 12.6. The number of anilines is 1. The number of thiophene rings is 1. The van der Waals surface area contributed by atoms with Gasteiger partial charge in [-0.3, -0.25) is 9.52 Å². The van der Waals surface area contributed by atoms with Crippen LogP contribution in [0.5, 0.6) is 0 Å². The Bertz CT molecular complexity index is 1130. The predicted molar refractivity (Wildman–Crippen MR) is 113 cm³/mol. The van der Waals surface area contributed by atoms with Gasteiger partial charge >= 0.3 is 0 Å². The molecule has 28 heavy (non-hydrogen) atoms. The summed E-state index contributed by atoms with van der Waals surface area (Å²) in [6.07, 6.45) is 0. The Balaban J connectivity index is 1.82. The van der Waals surface area contributed by atoms with Crippen molar-refractivity contribution < 1.29 is 13.2 Å². The van der Waals surface area contributed by atoms with Crippen molar-refractivity contribution in [3.8, 4) is 0 Å². The van der Waals surface area contributed by atoms with E-state index in [-0.39, 0.29) is 15.5 Å². The highest BCUT2D eigenvalue weighted by atomic mass is 35.5. The minimum atomic E-state index is -3.77. The lowest BCUT2D eigenvalue weighted by Crippen LogP contribution is -2.22. The molecule has 0 bridgehead atoms. The molecule has 0 aliphatic heterocycles. The van der Waals surface area contributed by atoms with Crippen molar-refractivity contribution in [3.05, 3.63) is 82.2 Å². The molecule has 0 saturated carbocycles. The fourth-order valence-corrected chi connectivity index (χ4v) is 4.74. The molecule has 3 rings (SSSR count). The van der Waals surface area contributed by atoms with Crippen LogP contribution < -0.4 is 10.1 Å². The van der Waals surface area contributed by atoms with E-state index < -0.39 is 15.9 Å². The third-order valence-corrected chi connectivity index (χ3v) is 6.86. The summed E-state index contributed by atoms with van der Waals surface area (Å²) in [5, 5.41) is 6.26. The summed E-state index contributed by atoms with van der Waals surface area (Å²) in [7, 11) is -3.77. The van der Waals surface area contributed by atoms with Gasteiger partial charge in [-0.1, -0.05) is 48.0 Å². The van der Waals surface area contributed by atoms with Gasteiger partial charge in [0.15, 0.2) is 0 Å². The summed E-state index contributed by atoms with van der Waals surface area (Å²) in [6.45, 7) is 1.72. The zero-order valence-electron chi connectivity index (χ0n) is 14.7. The van der Waals surface area contributed by atoms with E-state index in [2.05, 4.69) is 15.2 Å². The second-order valence-electron chi connectivity index (χ2n) is 5.70. The zero-order valence-corrected chi connectivity index (χ0v) is 17.1. The molecule has 1 amide bonds. The van der Waals surface area contributed by atoms with Gasteiger partial charge in [0.05, 0.1) is 17.0 Å². The van der Waals surface area contributed by atoms with Crippen molar-refractivity contribution in [3.63, 3.8) is 0 Å². The van der Waals surface area contributed by atoms with E-state index in [0.717, 1.165) is 11.3 Å². The molecule has 1 heterocycles. The van der Waals surface area contributed by atoms with Crippen LogP contribution in [0.15, 0.2) is 75.4 Å². The van der Waals surface area contributed by atoms with Crippen molar-refractivity contribution in [1.82, 2.24) is 5.43 Å². The summed E-state index contributed by atoms with van der Waals surface area (Å²) >= 11 is 7.22. The van der Waals surface area contributed by atoms with Crippen LogP contribution in [-0.4, -0.2) is 20.0 Å². The molecule has 0 fully saturated rings. The maximum Gasteiger partial charge on any atom is 0.273 e.